The normalized spacial score (nSPS) is 11.5. The summed E-state index contributed by atoms with van der Waals surface area (Å²) in [6.07, 6.45) is 5.55. The topological polar surface area (TPSA) is 44.8 Å². The second-order valence-electron chi connectivity index (χ2n) is 5.70. The first kappa shape index (κ1) is 19.3. The van der Waals surface area contributed by atoms with Crippen molar-refractivity contribution in [2.24, 2.45) is 0 Å². The highest BCUT2D eigenvalue weighted by molar-refractivity contribution is 5.99. The van der Waals surface area contributed by atoms with Crippen LogP contribution >= 0.6 is 0 Å². The number of carbonyl (C=O) groups is 1. The van der Waals surface area contributed by atoms with Crippen LogP contribution in [0.4, 0.5) is 0 Å². The fourth-order valence-electron chi connectivity index (χ4n) is 2.75. The zero-order valence-electron chi connectivity index (χ0n) is 15.8. The quantitative estimate of drug-likeness (QED) is 0.674. The summed E-state index contributed by atoms with van der Waals surface area (Å²) in [6.45, 7) is 3.49. The van der Waals surface area contributed by atoms with Gasteiger partial charge in [0.15, 0.2) is 17.3 Å². The van der Waals surface area contributed by atoms with Crippen molar-refractivity contribution in [3.8, 4) is 17.2 Å². The summed E-state index contributed by atoms with van der Waals surface area (Å²) >= 11 is 0. The Bertz CT molecular complexity index is 847. The van der Waals surface area contributed by atoms with Crippen LogP contribution in [-0.4, -0.2) is 27.1 Å². The summed E-state index contributed by atoms with van der Waals surface area (Å²) in [5.41, 5.74) is 3.55. The van der Waals surface area contributed by atoms with Gasteiger partial charge in [0.1, 0.15) is 5.75 Å². The van der Waals surface area contributed by atoms with Crippen molar-refractivity contribution in [1.29, 1.82) is 0 Å². The molecule has 0 unspecified atom stereocenters. The van der Waals surface area contributed by atoms with Crippen molar-refractivity contribution in [2.45, 2.75) is 13.8 Å². The number of ether oxygens (including phenoxy) is 3. The number of hydrogen-bond donors (Lipinski definition) is 0. The first-order chi connectivity index (χ1) is 12.5. The van der Waals surface area contributed by atoms with E-state index in [4.69, 9.17) is 14.2 Å². The minimum absolute atomic E-state index is 0.0295. The lowest BCUT2D eigenvalue weighted by molar-refractivity contribution is -0.112. The molecular weight excluding hydrogens is 328 g/mol. The smallest absolute Gasteiger partial charge is 0.161 e. The molecule has 0 saturated carbocycles. The van der Waals surface area contributed by atoms with Gasteiger partial charge in [0.05, 0.1) is 21.3 Å². The van der Waals surface area contributed by atoms with Crippen LogP contribution in [0.1, 0.15) is 30.5 Å². The van der Waals surface area contributed by atoms with E-state index in [2.05, 4.69) is 0 Å². The summed E-state index contributed by atoms with van der Waals surface area (Å²) in [4.78, 5) is 11.8. The summed E-state index contributed by atoms with van der Waals surface area (Å²) in [7, 11) is 4.83. The zero-order chi connectivity index (χ0) is 19.1. The van der Waals surface area contributed by atoms with Crippen molar-refractivity contribution in [3.63, 3.8) is 0 Å². The van der Waals surface area contributed by atoms with Gasteiger partial charge in [-0.2, -0.15) is 0 Å². The molecule has 0 amide bonds. The maximum atomic E-state index is 11.8. The first-order valence-corrected chi connectivity index (χ1v) is 8.29. The van der Waals surface area contributed by atoms with E-state index in [0.717, 1.165) is 28.0 Å². The number of methoxy groups -OCH3 is 3. The molecule has 0 atom stereocenters. The number of hydrogen-bond acceptors (Lipinski definition) is 4. The Hall–Kier alpha value is -3.01. The fourth-order valence-corrected chi connectivity index (χ4v) is 2.75. The Kier molecular flexibility index (Phi) is 6.61. The SMILES string of the molecule is C/C=C\c1cc(/C(=C\C(C)=O)c2ccc(OC)c(OC)c2)ccc1OC. The van der Waals surface area contributed by atoms with Gasteiger partial charge < -0.3 is 14.2 Å². The molecule has 0 aliphatic heterocycles. The summed E-state index contributed by atoms with van der Waals surface area (Å²) in [6, 6.07) is 11.5. The van der Waals surface area contributed by atoms with Gasteiger partial charge in [0.2, 0.25) is 0 Å². The molecule has 2 rings (SSSR count). The minimum atomic E-state index is -0.0295. The maximum Gasteiger partial charge on any atom is 0.161 e. The van der Waals surface area contributed by atoms with E-state index in [0.29, 0.717) is 11.5 Å². The monoisotopic (exact) mass is 352 g/mol. The number of rotatable bonds is 7. The van der Waals surface area contributed by atoms with Crippen molar-refractivity contribution in [1.82, 2.24) is 0 Å². The lowest BCUT2D eigenvalue weighted by atomic mass is 9.94. The third-order valence-electron chi connectivity index (χ3n) is 3.93. The van der Waals surface area contributed by atoms with E-state index >= 15 is 0 Å². The van der Waals surface area contributed by atoms with Crippen LogP contribution in [0.25, 0.3) is 11.6 Å². The van der Waals surface area contributed by atoms with Crippen molar-refractivity contribution in [3.05, 3.63) is 65.2 Å². The highest BCUT2D eigenvalue weighted by atomic mass is 16.5. The fraction of sp³-hybridized carbons (Fsp3) is 0.227. The van der Waals surface area contributed by atoms with Crippen LogP contribution in [0.15, 0.2) is 48.6 Å². The van der Waals surface area contributed by atoms with E-state index in [9.17, 15) is 4.79 Å². The van der Waals surface area contributed by atoms with Gasteiger partial charge in [0, 0.05) is 5.56 Å². The number of ketones is 1. The Morgan fingerprint density at radius 2 is 1.42 bits per heavy atom. The van der Waals surface area contributed by atoms with Gasteiger partial charge in [-0.3, -0.25) is 4.79 Å². The van der Waals surface area contributed by atoms with Crippen LogP contribution in [-0.2, 0) is 4.79 Å². The van der Waals surface area contributed by atoms with Gasteiger partial charge in [-0.1, -0.05) is 24.3 Å². The number of carbonyl (C=O) groups excluding carboxylic acids is 1. The highest BCUT2D eigenvalue weighted by Crippen LogP contribution is 2.34. The Morgan fingerprint density at radius 1 is 0.846 bits per heavy atom. The Balaban J connectivity index is 2.63. The van der Waals surface area contributed by atoms with Gasteiger partial charge >= 0.3 is 0 Å². The second-order valence-corrected chi connectivity index (χ2v) is 5.70. The van der Waals surface area contributed by atoms with Crippen LogP contribution in [0.2, 0.25) is 0 Å². The molecule has 0 aliphatic carbocycles. The van der Waals surface area contributed by atoms with Crippen LogP contribution in [0.3, 0.4) is 0 Å². The number of allylic oxidation sites excluding steroid dienone is 2. The summed E-state index contributed by atoms with van der Waals surface area (Å²) in [5.74, 6) is 2.00. The predicted molar refractivity (Wildman–Crippen MR) is 105 cm³/mol. The third-order valence-corrected chi connectivity index (χ3v) is 3.93. The lowest BCUT2D eigenvalue weighted by Gasteiger charge is -2.14. The van der Waals surface area contributed by atoms with E-state index in [-0.39, 0.29) is 5.78 Å². The zero-order valence-corrected chi connectivity index (χ0v) is 15.8. The molecule has 4 heteroatoms. The molecule has 0 heterocycles. The lowest BCUT2D eigenvalue weighted by Crippen LogP contribution is -1.97. The van der Waals surface area contributed by atoms with E-state index in [1.807, 2.05) is 55.5 Å². The summed E-state index contributed by atoms with van der Waals surface area (Å²) in [5, 5.41) is 0. The molecule has 0 radical (unpaired) electrons. The molecule has 0 aromatic heterocycles. The molecule has 0 spiro atoms. The van der Waals surface area contributed by atoms with Crippen LogP contribution in [0, 0.1) is 0 Å². The van der Waals surface area contributed by atoms with E-state index < -0.39 is 0 Å². The minimum Gasteiger partial charge on any atom is -0.496 e. The predicted octanol–water partition coefficient (Wildman–Crippen LogP) is 4.77. The average Bonchev–Trinajstić information content (AvgIpc) is 2.65. The highest BCUT2D eigenvalue weighted by Gasteiger charge is 2.12. The standard InChI is InChI=1S/C22H24O4/c1-6-7-18-13-16(8-10-20(18)24-3)19(12-15(2)23)17-9-11-21(25-4)22(14-17)26-5/h6-14H,1-5H3/b7-6-,19-12+. The molecule has 0 aliphatic rings. The van der Waals surface area contributed by atoms with Crippen molar-refractivity contribution in [2.75, 3.05) is 21.3 Å². The molecular formula is C22H24O4. The van der Waals surface area contributed by atoms with Gasteiger partial charge in [-0.05, 0) is 60.9 Å². The largest absolute Gasteiger partial charge is 0.496 e. The van der Waals surface area contributed by atoms with Gasteiger partial charge in [0.25, 0.3) is 0 Å². The van der Waals surface area contributed by atoms with Crippen LogP contribution in [0.5, 0.6) is 17.2 Å². The van der Waals surface area contributed by atoms with Gasteiger partial charge in [-0.15, -0.1) is 0 Å². The molecule has 2 aromatic carbocycles. The van der Waals surface area contributed by atoms with Crippen LogP contribution < -0.4 is 14.2 Å². The molecule has 4 nitrogen and oxygen atoms in total. The molecule has 136 valence electrons. The van der Waals surface area contributed by atoms with Gasteiger partial charge in [-0.25, -0.2) is 0 Å². The van der Waals surface area contributed by atoms with E-state index in [1.165, 1.54) is 6.92 Å². The number of benzene rings is 2. The van der Waals surface area contributed by atoms with Crippen molar-refractivity contribution < 1.29 is 19.0 Å². The summed E-state index contributed by atoms with van der Waals surface area (Å²) < 4.78 is 16.1. The molecule has 0 bridgehead atoms. The molecule has 0 saturated heterocycles. The average molecular weight is 352 g/mol. The molecule has 0 N–H and O–H groups in total. The Morgan fingerprint density at radius 3 is 1.96 bits per heavy atom. The second kappa shape index (κ2) is 8.90. The maximum absolute atomic E-state index is 11.8. The van der Waals surface area contributed by atoms with E-state index in [1.54, 1.807) is 27.4 Å². The Labute approximate surface area is 154 Å². The molecule has 2 aromatic rings. The molecule has 26 heavy (non-hydrogen) atoms. The third kappa shape index (κ3) is 4.33. The molecule has 0 fully saturated rings. The first-order valence-electron chi connectivity index (χ1n) is 8.29. The van der Waals surface area contributed by atoms with Crippen molar-refractivity contribution >= 4 is 17.4 Å².